The van der Waals surface area contributed by atoms with Crippen LogP contribution in [0.1, 0.15) is 45.3 Å². The molecule has 34 heavy (non-hydrogen) atoms. The number of piperidine rings is 1. The van der Waals surface area contributed by atoms with Crippen molar-refractivity contribution in [2.24, 2.45) is 11.3 Å². The van der Waals surface area contributed by atoms with Crippen molar-refractivity contribution in [2.75, 3.05) is 18.0 Å². The van der Waals surface area contributed by atoms with Gasteiger partial charge in [-0.05, 0) is 43.0 Å². The van der Waals surface area contributed by atoms with Crippen molar-refractivity contribution < 1.29 is 0 Å². The van der Waals surface area contributed by atoms with Gasteiger partial charge in [-0.15, -0.1) is 0 Å². The zero-order valence-corrected chi connectivity index (χ0v) is 22.9. The number of hydrogen-bond acceptors (Lipinski definition) is 6. The second kappa shape index (κ2) is 11.1. The Kier molecular flexibility index (Phi) is 8.41. The summed E-state index contributed by atoms with van der Waals surface area (Å²) in [5.74, 6) is 1.75. The van der Waals surface area contributed by atoms with Crippen LogP contribution in [0.4, 0.5) is 5.82 Å². The van der Waals surface area contributed by atoms with Crippen LogP contribution in [0.15, 0.2) is 58.8 Å². The third-order valence-electron chi connectivity index (χ3n) is 6.22. The molecule has 182 valence electrons. The Hall–Kier alpha value is -1.38. The number of halogens is 2. The molecule has 2 aliphatic heterocycles. The summed E-state index contributed by atoms with van der Waals surface area (Å²) in [7, 11) is 0. The smallest absolute Gasteiger partial charge is 0.147 e. The lowest BCUT2D eigenvalue weighted by atomic mass is 9.73. The second-order valence-electron chi connectivity index (χ2n) is 9.57. The van der Waals surface area contributed by atoms with E-state index in [-0.39, 0.29) is 11.5 Å². The van der Waals surface area contributed by atoms with E-state index in [4.69, 9.17) is 23.2 Å². The average molecular weight is 537 g/mol. The van der Waals surface area contributed by atoms with Gasteiger partial charge < -0.3 is 9.47 Å². The van der Waals surface area contributed by atoms with Gasteiger partial charge in [0, 0.05) is 41.8 Å². The molecule has 1 atom stereocenters. The first-order chi connectivity index (χ1) is 16.3. The minimum atomic E-state index is 0.210. The minimum absolute atomic E-state index is 0.210. The summed E-state index contributed by atoms with van der Waals surface area (Å²) >= 11 is 18.3. The molecular weight excluding hydrogens is 505 g/mol. The van der Waals surface area contributed by atoms with E-state index in [0.29, 0.717) is 10.0 Å². The summed E-state index contributed by atoms with van der Waals surface area (Å²) in [5.41, 5.74) is 1.54. The summed E-state index contributed by atoms with van der Waals surface area (Å²) in [6.45, 7) is 9.46. The molecule has 1 fully saturated rings. The summed E-state index contributed by atoms with van der Waals surface area (Å²) < 4.78 is 5.62. The maximum atomic E-state index is 6.28. The number of thiol groups is 1. The van der Waals surface area contributed by atoms with Crippen molar-refractivity contribution in [3.63, 3.8) is 0 Å². The monoisotopic (exact) mass is 535 g/mol. The number of anilines is 1. The highest BCUT2D eigenvalue weighted by Crippen LogP contribution is 2.50. The molecule has 0 aliphatic carbocycles. The standard InChI is InChI=1S/C21H21Cl2N5S2.C4H10/c22-14-3-1-5-16(19(14)23)30-18-12-24-17(11-25-18)27-9-6-21(7-10-27)13-28-8-2-4-15(28)20(21)26-29;1-4(2)3/h1-5,8,11-12,20,26,29H,6-7,9-10,13H2;4H,1-3H3. The molecular formula is C25H31Cl2N5S2. The summed E-state index contributed by atoms with van der Waals surface area (Å²) in [4.78, 5) is 12.5. The van der Waals surface area contributed by atoms with Crippen LogP contribution < -0.4 is 9.62 Å². The van der Waals surface area contributed by atoms with Crippen molar-refractivity contribution in [1.82, 2.24) is 19.3 Å². The van der Waals surface area contributed by atoms with Gasteiger partial charge >= 0.3 is 0 Å². The zero-order chi connectivity index (χ0) is 24.3. The van der Waals surface area contributed by atoms with Gasteiger partial charge in [-0.25, -0.2) is 9.97 Å². The number of hydrogen-bond donors (Lipinski definition) is 2. The second-order valence-corrected chi connectivity index (χ2v) is 11.7. The lowest BCUT2D eigenvalue weighted by molar-refractivity contribution is 0.166. The van der Waals surface area contributed by atoms with Crippen LogP contribution in [-0.2, 0) is 6.54 Å². The third-order valence-corrected chi connectivity index (χ3v) is 8.38. The topological polar surface area (TPSA) is 46.0 Å². The fraction of sp³-hybridized carbons (Fsp3) is 0.440. The molecule has 2 aromatic heterocycles. The first kappa shape index (κ1) is 25.7. The molecule has 1 aromatic carbocycles. The molecule has 0 radical (unpaired) electrons. The quantitative estimate of drug-likeness (QED) is 0.346. The molecule has 4 heterocycles. The van der Waals surface area contributed by atoms with Gasteiger partial charge in [0.15, 0.2) is 0 Å². The normalized spacial score (nSPS) is 18.7. The van der Waals surface area contributed by atoms with E-state index >= 15 is 0 Å². The van der Waals surface area contributed by atoms with Gasteiger partial charge in [-0.3, -0.25) is 4.72 Å². The van der Waals surface area contributed by atoms with Crippen LogP contribution in [0.25, 0.3) is 0 Å². The largest absolute Gasteiger partial charge is 0.355 e. The Balaban J connectivity index is 0.000000636. The summed E-state index contributed by atoms with van der Waals surface area (Å²) in [5, 5.41) is 1.89. The Morgan fingerprint density at radius 3 is 2.47 bits per heavy atom. The van der Waals surface area contributed by atoms with Gasteiger partial charge in [0.05, 0.1) is 28.5 Å². The van der Waals surface area contributed by atoms with Gasteiger partial charge in [0.25, 0.3) is 0 Å². The lowest BCUT2D eigenvalue weighted by Crippen LogP contribution is -2.45. The molecule has 3 aromatic rings. The lowest BCUT2D eigenvalue weighted by Gasteiger charge is -2.42. The molecule has 5 rings (SSSR count). The summed E-state index contributed by atoms with van der Waals surface area (Å²) in [6.07, 6.45) is 8.00. The molecule has 0 bridgehead atoms. The van der Waals surface area contributed by atoms with Crippen LogP contribution in [0, 0.1) is 11.3 Å². The number of nitrogens with zero attached hydrogens (tertiary/aromatic N) is 4. The molecule has 1 spiro atoms. The van der Waals surface area contributed by atoms with Crippen LogP contribution in [0.5, 0.6) is 0 Å². The first-order valence-electron chi connectivity index (χ1n) is 11.6. The minimum Gasteiger partial charge on any atom is -0.355 e. The van der Waals surface area contributed by atoms with E-state index in [0.717, 1.165) is 54.1 Å². The van der Waals surface area contributed by atoms with E-state index in [2.05, 4.69) is 76.1 Å². The fourth-order valence-electron chi connectivity index (χ4n) is 4.61. The Labute approximate surface area is 222 Å². The highest BCUT2D eigenvalue weighted by atomic mass is 35.5. The van der Waals surface area contributed by atoms with Crippen LogP contribution >= 0.6 is 47.8 Å². The molecule has 9 heteroatoms. The predicted molar refractivity (Wildman–Crippen MR) is 146 cm³/mol. The van der Waals surface area contributed by atoms with E-state index in [1.165, 1.54) is 17.5 Å². The molecule has 5 nitrogen and oxygen atoms in total. The molecule has 0 amide bonds. The van der Waals surface area contributed by atoms with E-state index < -0.39 is 0 Å². The van der Waals surface area contributed by atoms with Crippen molar-refractivity contribution in [3.05, 3.63) is 64.7 Å². The van der Waals surface area contributed by atoms with E-state index in [9.17, 15) is 0 Å². The molecule has 1 saturated heterocycles. The van der Waals surface area contributed by atoms with Crippen molar-refractivity contribution >= 4 is 53.6 Å². The maximum absolute atomic E-state index is 6.28. The highest BCUT2D eigenvalue weighted by Gasteiger charge is 2.47. The van der Waals surface area contributed by atoms with Gasteiger partial charge in [0.1, 0.15) is 10.8 Å². The van der Waals surface area contributed by atoms with Gasteiger partial charge in [-0.1, -0.05) is 74.6 Å². The average Bonchev–Trinajstić information content (AvgIpc) is 3.36. The van der Waals surface area contributed by atoms with Crippen LogP contribution in [-0.4, -0.2) is 27.6 Å². The SMILES string of the molecule is CC(C)C.SNC1c2cccn2CC12CCN(c1cnc(Sc3cccc(Cl)c3Cl)cn1)CC2. The van der Waals surface area contributed by atoms with Crippen molar-refractivity contribution in [3.8, 4) is 0 Å². The third kappa shape index (κ3) is 5.54. The van der Waals surface area contributed by atoms with Crippen LogP contribution in [0.2, 0.25) is 10.0 Å². The van der Waals surface area contributed by atoms with Crippen molar-refractivity contribution in [2.45, 2.75) is 56.1 Å². The molecule has 2 aliphatic rings. The molecule has 1 N–H and O–H groups in total. The molecule has 0 saturated carbocycles. The first-order valence-corrected chi connectivity index (χ1v) is 13.6. The fourth-order valence-corrected chi connectivity index (χ4v) is 6.27. The zero-order valence-electron chi connectivity index (χ0n) is 19.7. The maximum Gasteiger partial charge on any atom is 0.147 e. The van der Waals surface area contributed by atoms with E-state index in [1.807, 2.05) is 18.3 Å². The van der Waals surface area contributed by atoms with Gasteiger partial charge in [-0.2, -0.15) is 0 Å². The Morgan fingerprint density at radius 1 is 1.09 bits per heavy atom. The Bertz CT molecular complexity index is 1090. The Morgan fingerprint density at radius 2 is 1.82 bits per heavy atom. The highest BCUT2D eigenvalue weighted by molar-refractivity contribution is 7.99. The van der Waals surface area contributed by atoms with Crippen molar-refractivity contribution in [1.29, 1.82) is 0 Å². The molecule has 1 unspecified atom stereocenters. The number of nitrogens with one attached hydrogen (secondary N) is 1. The van der Waals surface area contributed by atoms with E-state index in [1.54, 1.807) is 12.3 Å². The summed E-state index contributed by atoms with van der Waals surface area (Å²) in [6, 6.07) is 10.2. The van der Waals surface area contributed by atoms with Crippen LogP contribution in [0.3, 0.4) is 0 Å². The predicted octanol–water partition coefficient (Wildman–Crippen LogP) is 7.17. The number of rotatable bonds is 4. The van der Waals surface area contributed by atoms with Gasteiger partial charge in [0.2, 0.25) is 0 Å². The number of fused-ring (bicyclic) bond motifs is 1. The number of aromatic nitrogens is 3. The number of benzene rings is 1.